The second kappa shape index (κ2) is 9.30. The third-order valence-electron chi connectivity index (χ3n) is 6.05. The standard InChI is InChI=1S/C25H27N5OS/c1-18(24(31)21-15-26-22-12-6-5-11-20(21)22)32-25-28-27-23(17-29-13-7-8-14-29)30(25)16-19-9-3-2-4-10-19/h2-6,9-12,15,18,26H,7-8,13-14,16-17H2,1H3/t18-/m0/s1. The maximum absolute atomic E-state index is 13.3. The molecule has 3 heterocycles. The highest BCUT2D eigenvalue weighted by atomic mass is 32.2. The SMILES string of the molecule is C[C@H](Sc1nnc(CN2CCCC2)n1Cc1ccccc1)C(=O)c1c[nH]c2ccccc12. The normalized spacial score (nSPS) is 15.4. The lowest BCUT2D eigenvalue weighted by Crippen LogP contribution is -2.22. The van der Waals surface area contributed by atoms with Gasteiger partial charge in [-0.05, 0) is 44.5 Å². The number of fused-ring (bicyclic) bond motifs is 1. The van der Waals surface area contributed by atoms with E-state index in [1.165, 1.54) is 30.2 Å². The second-order valence-electron chi connectivity index (χ2n) is 8.33. The average molecular weight is 446 g/mol. The summed E-state index contributed by atoms with van der Waals surface area (Å²) in [6, 6.07) is 18.3. The van der Waals surface area contributed by atoms with Gasteiger partial charge in [-0.25, -0.2) is 0 Å². The smallest absolute Gasteiger partial charge is 0.192 e. The Bertz CT molecular complexity index is 1210. The van der Waals surface area contributed by atoms with Gasteiger partial charge in [0.2, 0.25) is 0 Å². The topological polar surface area (TPSA) is 66.8 Å². The molecule has 5 rings (SSSR count). The van der Waals surface area contributed by atoms with Crippen LogP contribution >= 0.6 is 11.8 Å². The Morgan fingerprint density at radius 1 is 1.03 bits per heavy atom. The van der Waals surface area contributed by atoms with Crippen LogP contribution in [0.2, 0.25) is 0 Å². The Labute approximate surface area is 192 Å². The Morgan fingerprint density at radius 3 is 2.59 bits per heavy atom. The number of Topliss-reactive ketones (excluding diaryl/α,β-unsaturated/α-hetero) is 1. The number of aromatic amines is 1. The van der Waals surface area contributed by atoms with E-state index in [0.717, 1.165) is 47.1 Å². The van der Waals surface area contributed by atoms with Crippen LogP contribution in [0.4, 0.5) is 0 Å². The summed E-state index contributed by atoms with van der Waals surface area (Å²) in [5, 5.41) is 10.5. The molecule has 7 heteroatoms. The fourth-order valence-electron chi connectivity index (χ4n) is 4.29. The van der Waals surface area contributed by atoms with Crippen LogP contribution in [0, 0.1) is 0 Å². The summed E-state index contributed by atoms with van der Waals surface area (Å²) in [4.78, 5) is 18.9. The number of nitrogens with one attached hydrogen (secondary N) is 1. The Balaban J connectivity index is 1.40. The second-order valence-corrected chi connectivity index (χ2v) is 9.63. The predicted molar refractivity (Wildman–Crippen MR) is 128 cm³/mol. The van der Waals surface area contributed by atoms with Crippen molar-refractivity contribution in [3.05, 3.63) is 77.7 Å². The van der Waals surface area contributed by atoms with Gasteiger partial charge in [-0.1, -0.05) is 60.3 Å². The van der Waals surface area contributed by atoms with Gasteiger partial charge in [-0.3, -0.25) is 9.69 Å². The molecule has 2 aromatic carbocycles. The molecule has 0 saturated carbocycles. The number of carbonyl (C=O) groups is 1. The Hall–Kier alpha value is -2.90. The van der Waals surface area contributed by atoms with E-state index in [-0.39, 0.29) is 11.0 Å². The lowest BCUT2D eigenvalue weighted by atomic mass is 10.1. The van der Waals surface area contributed by atoms with Crippen molar-refractivity contribution < 1.29 is 4.79 Å². The van der Waals surface area contributed by atoms with E-state index in [4.69, 9.17) is 0 Å². The van der Waals surface area contributed by atoms with E-state index >= 15 is 0 Å². The van der Waals surface area contributed by atoms with Gasteiger partial charge in [0, 0.05) is 22.7 Å². The fourth-order valence-corrected chi connectivity index (χ4v) is 5.23. The molecule has 1 saturated heterocycles. The molecule has 0 radical (unpaired) electrons. The van der Waals surface area contributed by atoms with Crippen molar-refractivity contribution >= 4 is 28.4 Å². The van der Waals surface area contributed by atoms with Gasteiger partial charge in [0.1, 0.15) is 5.82 Å². The lowest BCUT2D eigenvalue weighted by molar-refractivity contribution is 0.0995. The average Bonchev–Trinajstić information content (AvgIpc) is 3.56. The number of hydrogen-bond acceptors (Lipinski definition) is 5. The molecule has 2 aromatic heterocycles. The van der Waals surface area contributed by atoms with Crippen molar-refractivity contribution in [2.24, 2.45) is 0 Å². The highest BCUT2D eigenvalue weighted by Crippen LogP contribution is 2.29. The van der Waals surface area contributed by atoms with Crippen LogP contribution in [0.3, 0.4) is 0 Å². The summed E-state index contributed by atoms with van der Waals surface area (Å²) in [5.41, 5.74) is 2.91. The Morgan fingerprint density at radius 2 is 1.78 bits per heavy atom. The van der Waals surface area contributed by atoms with Gasteiger partial charge in [-0.15, -0.1) is 10.2 Å². The lowest BCUT2D eigenvalue weighted by Gasteiger charge is -2.17. The highest BCUT2D eigenvalue weighted by molar-refractivity contribution is 8.00. The van der Waals surface area contributed by atoms with E-state index in [1.54, 1.807) is 0 Å². The number of thioether (sulfide) groups is 1. The summed E-state index contributed by atoms with van der Waals surface area (Å²) in [6.45, 7) is 5.67. The number of likely N-dealkylation sites (tertiary alicyclic amines) is 1. The zero-order chi connectivity index (χ0) is 21.9. The van der Waals surface area contributed by atoms with Gasteiger partial charge < -0.3 is 9.55 Å². The number of H-pyrrole nitrogens is 1. The first kappa shape index (κ1) is 21.0. The molecule has 1 fully saturated rings. The van der Waals surface area contributed by atoms with Gasteiger partial charge in [0.25, 0.3) is 0 Å². The van der Waals surface area contributed by atoms with E-state index in [0.29, 0.717) is 6.54 Å². The maximum Gasteiger partial charge on any atom is 0.192 e. The molecule has 164 valence electrons. The van der Waals surface area contributed by atoms with E-state index in [9.17, 15) is 4.79 Å². The minimum atomic E-state index is -0.271. The number of benzene rings is 2. The fraction of sp³-hybridized carbons (Fsp3) is 0.320. The van der Waals surface area contributed by atoms with Crippen LogP contribution in [0.5, 0.6) is 0 Å². The quantitative estimate of drug-likeness (QED) is 0.313. The van der Waals surface area contributed by atoms with Crippen LogP contribution in [-0.2, 0) is 13.1 Å². The third-order valence-corrected chi connectivity index (χ3v) is 7.13. The summed E-state index contributed by atoms with van der Waals surface area (Å²) in [5.74, 6) is 1.06. The Kier molecular flexibility index (Phi) is 6.10. The van der Waals surface area contributed by atoms with Gasteiger partial charge >= 0.3 is 0 Å². The summed E-state index contributed by atoms with van der Waals surface area (Å²) in [6.07, 6.45) is 4.30. The van der Waals surface area contributed by atoms with Crippen LogP contribution in [0.25, 0.3) is 10.9 Å². The van der Waals surface area contributed by atoms with Gasteiger partial charge in [-0.2, -0.15) is 0 Å². The highest BCUT2D eigenvalue weighted by Gasteiger charge is 2.24. The number of rotatable bonds is 8. The van der Waals surface area contributed by atoms with Crippen LogP contribution < -0.4 is 0 Å². The van der Waals surface area contributed by atoms with E-state index < -0.39 is 0 Å². The summed E-state index contributed by atoms with van der Waals surface area (Å²) >= 11 is 1.49. The molecule has 0 aliphatic carbocycles. The molecule has 1 aliphatic heterocycles. The van der Waals surface area contributed by atoms with E-state index in [1.807, 2.05) is 43.5 Å². The van der Waals surface area contributed by atoms with Crippen molar-refractivity contribution in [1.29, 1.82) is 0 Å². The number of ketones is 1. The minimum absolute atomic E-state index is 0.0998. The summed E-state index contributed by atoms with van der Waals surface area (Å²) < 4.78 is 2.18. The van der Waals surface area contributed by atoms with Gasteiger partial charge in [0.15, 0.2) is 10.9 Å². The van der Waals surface area contributed by atoms with Crippen molar-refractivity contribution in [3.63, 3.8) is 0 Å². The minimum Gasteiger partial charge on any atom is -0.360 e. The maximum atomic E-state index is 13.3. The molecule has 0 unspecified atom stereocenters. The van der Waals surface area contributed by atoms with Crippen molar-refractivity contribution in [1.82, 2.24) is 24.6 Å². The molecule has 6 nitrogen and oxygen atoms in total. The van der Waals surface area contributed by atoms with Crippen LogP contribution in [-0.4, -0.2) is 48.8 Å². The zero-order valence-electron chi connectivity index (χ0n) is 18.2. The van der Waals surface area contributed by atoms with Gasteiger partial charge in [0.05, 0.1) is 18.3 Å². The number of hydrogen-bond donors (Lipinski definition) is 1. The number of para-hydroxylation sites is 1. The number of carbonyl (C=O) groups excluding carboxylic acids is 1. The molecule has 1 aliphatic rings. The van der Waals surface area contributed by atoms with Crippen molar-refractivity contribution in [2.45, 2.75) is 43.3 Å². The largest absolute Gasteiger partial charge is 0.360 e. The first-order valence-corrected chi connectivity index (χ1v) is 12.0. The first-order chi connectivity index (χ1) is 15.7. The summed E-state index contributed by atoms with van der Waals surface area (Å²) in [7, 11) is 0. The molecule has 0 spiro atoms. The van der Waals surface area contributed by atoms with Crippen LogP contribution in [0.1, 0.15) is 41.5 Å². The monoisotopic (exact) mass is 445 g/mol. The van der Waals surface area contributed by atoms with Crippen molar-refractivity contribution in [3.8, 4) is 0 Å². The molecule has 1 atom stereocenters. The number of nitrogens with zero attached hydrogens (tertiary/aromatic N) is 4. The molecular formula is C25H27N5OS. The number of aromatic nitrogens is 4. The molecular weight excluding hydrogens is 418 g/mol. The molecule has 1 N–H and O–H groups in total. The molecule has 0 bridgehead atoms. The molecule has 0 amide bonds. The van der Waals surface area contributed by atoms with E-state index in [2.05, 4.69) is 48.9 Å². The third kappa shape index (κ3) is 4.36. The molecule has 32 heavy (non-hydrogen) atoms. The predicted octanol–water partition coefficient (Wildman–Crippen LogP) is 4.77. The first-order valence-electron chi connectivity index (χ1n) is 11.1. The zero-order valence-corrected chi connectivity index (χ0v) is 19.0. The van der Waals surface area contributed by atoms with Crippen molar-refractivity contribution in [2.75, 3.05) is 13.1 Å². The molecule has 4 aromatic rings. The van der Waals surface area contributed by atoms with Crippen LogP contribution in [0.15, 0.2) is 66.0 Å².